The number of nitrogens with one attached hydrogen (secondary N) is 1. The number of halogens is 1. The SMILES string of the molecule is COc1ccc(C(=O)NCCN2CCCC2)cc1Oc1nc(Cc2ccc(F)cc2)ns1. The van der Waals surface area contributed by atoms with Crippen LogP contribution in [0.3, 0.4) is 0 Å². The monoisotopic (exact) mass is 456 g/mol. The van der Waals surface area contributed by atoms with Gasteiger partial charge in [0.1, 0.15) is 5.82 Å². The van der Waals surface area contributed by atoms with E-state index in [9.17, 15) is 9.18 Å². The van der Waals surface area contributed by atoms with Crippen molar-refractivity contribution in [3.8, 4) is 16.7 Å². The number of hydrogen-bond acceptors (Lipinski definition) is 7. The molecule has 2 aromatic carbocycles. The summed E-state index contributed by atoms with van der Waals surface area (Å²) >= 11 is 1.11. The zero-order valence-corrected chi connectivity index (χ0v) is 18.7. The number of benzene rings is 2. The van der Waals surface area contributed by atoms with Crippen molar-refractivity contribution in [1.29, 1.82) is 0 Å². The molecule has 32 heavy (non-hydrogen) atoms. The Kier molecular flexibility index (Phi) is 7.28. The van der Waals surface area contributed by atoms with Crippen molar-refractivity contribution in [3.63, 3.8) is 0 Å². The maximum Gasteiger partial charge on any atom is 0.298 e. The molecule has 2 heterocycles. The summed E-state index contributed by atoms with van der Waals surface area (Å²) in [7, 11) is 1.54. The molecule has 1 aliphatic heterocycles. The normalized spacial score (nSPS) is 13.8. The van der Waals surface area contributed by atoms with Crippen LogP contribution in [0.2, 0.25) is 0 Å². The maximum atomic E-state index is 13.1. The van der Waals surface area contributed by atoms with Gasteiger partial charge in [-0.05, 0) is 61.8 Å². The molecule has 0 spiro atoms. The summed E-state index contributed by atoms with van der Waals surface area (Å²) in [4.78, 5) is 19.3. The number of ether oxygens (including phenoxy) is 2. The Morgan fingerprint density at radius 2 is 1.94 bits per heavy atom. The summed E-state index contributed by atoms with van der Waals surface area (Å²) < 4.78 is 28.6. The Morgan fingerprint density at radius 1 is 1.16 bits per heavy atom. The predicted molar refractivity (Wildman–Crippen MR) is 120 cm³/mol. The van der Waals surface area contributed by atoms with E-state index in [4.69, 9.17) is 9.47 Å². The van der Waals surface area contributed by atoms with Crippen molar-refractivity contribution in [2.24, 2.45) is 0 Å². The molecule has 1 aromatic heterocycles. The van der Waals surface area contributed by atoms with Gasteiger partial charge >= 0.3 is 0 Å². The lowest BCUT2D eigenvalue weighted by Gasteiger charge is -2.15. The van der Waals surface area contributed by atoms with Crippen molar-refractivity contribution in [3.05, 3.63) is 65.2 Å². The van der Waals surface area contributed by atoms with Crippen LogP contribution >= 0.6 is 11.5 Å². The van der Waals surface area contributed by atoms with E-state index >= 15 is 0 Å². The van der Waals surface area contributed by atoms with Gasteiger partial charge in [0.05, 0.1) is 7.11 Å². The average Bonchev–Trinajstić information content (AvgIpc) is 3.47. The minimum Gasteiger partial charge on any atom is -0.493 e. The van der Waals surface area contributed by atoms with Crippen molar-refractivity contribution in [1.82, 2.24) is 19.6 Å². The number of methoxy groups -OCH3 is 1. The van der Waals surface area contributed by atoms with E-state index in [1.807, 2.05) is 0 Å². The lowest BCUT2D eigenvalue weighted by atomic mass is 10.1. The molecule has 168 valence electrons. The molecule has 1 aliphatic rings. The zero-order chi connectivity index (χ0) is 22.3. The first-order valence-electron chi connectivity index (χ1n) is 10.5. The second-order valence-corrected chi connectivity index (χ2v) is 8.27. The molecule has 0 radical (unpaired) electrons. The van der Waals surface area contributed by atoms with Crippen LogP contribution in [-0.4, -0.2) is 53.5 Å². The van der Waals surface area contributed by atoms with Gasteiger partial charge in [0.2, 0.25) is 0 Å². The summed E-state index contributed by atoms with van der Waals surface area (Å²) in [6, 6.07) is 11.3. The van der Waals surface area contributed by atoms with E-state index in [0.29, 0.717) is 41.0 Å². The van der Waals surface area contributed by atoms with E-state index < -0.39 is 0 Å². The van der Waals surface area contributed by atoms with Gasteiger partial charge in [0.25, 0.3) is 11.1 Å². The number of nitrogens with zero attached hydrogens (tertiary/aromatic N) is 3. The standard InChI is InChI=1S/C23H25FN4O3S/c1-30-19-9-6-17(22(29)25-10-13-28-11-2-3-12-28)15-20(19)31-23-26-21(27-32-23)14-16-4-7-18(24)8-5-16/h4-9,15H,2-3,10-14H2,1H3,(H,25,29). The summed E-state index contributed by atoms with van der Waals surface area (Å²) in [5.74, 6) is 1.02. The Labute approximate surface area is 190 Å². The van der Waals surface area contributed by atoms with Gasteiger partial charge in [-0.25, -0.2) is 4.39 Å². The first kappa shape index (κ1) is 22.2. The molecule has 0 unspecified atom stereocenters. The fraction of sp³-hybridized carbons (Fsp3) is 0.348. The minimum atomic E-state index is -0.281. The molecule has 0 bridgehead atoms. The third-order valence-electron chi connectivity index (χ3n) is 5.26. The van der Waals surface area contributed by atoms with Gasteiger partial charge in [0.15, 0.2) is 17.3 Å². The quantitative estimate of drug-likeness (QED) is 0.526. The average molecular weight is 457 g/mol. The van der Waals surface area contributed by atoms with Crippen LogP contribution in [0.15, 0.2) is 42.5 Å². The Hall–Kier alpha value is -3.04. The van der Waals surface area contributed by atoms with Gasteiger partial charge in [-0.1, -0.05) is 12.1 Å². The number of carbonyl (C=O) groups excluding carboxylic acids is 1. The first-order chi connectivity index (χ1) is 15.6. The van der Waals surface area contributed by atoms with Crippen LogP contribution in [0.5, 0.6) is 16.7 Å². The number of likely N-dealkylation sites (tertiary alicyclic amines) is 1. The van der Waals surface area contributed by atoms with Crippen LogP contribution in [0.1, 0.15) is 34.6 Å². The molecule has 4 rings (SSSR count). The predicted octanol–water partition coefficient (Wildman–Crippen LogP) is 3.89. The highest BCUT2D eigenvalue weighted by Crippen LogP contribution is 2.33. The van der Waals surface area contributed by atoms with Crippen molar-refractivity contribution >= 4 is 17.4 Å². The molecule has 1 fully saturated rings. The minimum absolute atomic E-state index is 0.161. The van der Waals surface area contributed by atoms with E-state index in [1.54, 1.807) is 30.3 Å². The van der Waals surface area contributed by atoms with Gasteiger partial charge < -0.3 is 19.7 Å². The van der Waals surface area contributed by atoms with E-state index in [-0.39, 0.29) is 11.7 Å². The Balaban J connectivity index is 1.39. The second kappa shape index (κ2) is 10.5. The van der Waals surface area contributed by atoms with Crippen LogP contribution < -0.4 is 14.8 Å². The van der Waals surface area contributed by atoms with Crippen LogP contribution in [-0.2, 0) is 6.42 Å². The maximum absolute atomic E-state index is 13.1. The molecule has 0 aliphatic carbocycles. The van der Waals surface area contributed by atoms with Gasteiger partial charge in [-0.2, -0.15) is 9.36 Å². The van der Waals surface area contributed by atoms with Crippen LogP contribution in [0, 0.1) is 5.82 Å². The van der Waals surface area contributed by atoms with E-state index in [2.05, 4.69) is 19.6 Å². The third kappa shape index (κ3) is 5.80. The Morgan fingerprint density at radius 3 is 2.69 bits per heavy atom. The first-order valence-corrected chi connectivity index (χ1v) is 11.3. The van der Waals surface area contributed by atoms with Gasteiger partial charge in [-0.15, -0.1) is 0 Å². The Bertz CT molecular complexity index is 1050. The largest absolute Gasteiger partial charge is 0.493 e. The molecule has 0 saturated carbocycles. The molecule has 1 saturated heterocycles. The molecule has 1 N–H and O–H groups in total. The smallest absolute Gasteiger partial charge is 0.298 e. The summed E-state index contributed by atoms with van der Waals surface area (Å²) in [5, 5.41) is 3.30. The van der Waals surface area contributed by atoms with Crippen molar-refractivity contribution in [2.45, 2.75) is 19.3 Å². The summed E-state index contributed by atoms with van der Waals surface area (Å²) in [6.07, 6.45) is 2.92. The van der Waals surface area contributed by atoms with Crippen LogP contribution in [0.25, 0.3) is 0 Å². The molecular weight excluding hydrogens is 431 g/mol. The number of amides is 1. The lowest BCUT2D eigenvalue weighted by molar-refractivity contribution is 0.0949. The highest BCUT2D eigenvalue weighted by atomic mass is 32.1. The van der Waals surface area contributed by atoms with Gasteiger partial charge in [-0.3, -0.25) is 4.79 Å². The number of rotatable bonds is 9. The van der Waals surface area contributed by atoms with Gasteiger partial charge in [0, 0.05) is 36.6 Å². The lowest BCUT2D eigenvalue weighted by Crippen LogP contribution is -2.33. The zero-order valence-electron chi connectivity index (χ0n) is 17.8. The number of aromatic nitrogens is 2. The highest BCUT2D eigenvalue weighted by Gasteiger charge is 2.16. The fourth-order valence-corrected chi connectivity index (χ4v) is 4.13. The molecule has 0 atom stereocenters. The third-order valence-corrected chi connectivity index (χ3v) is 5.89. The summed E-state index contributed by atoms with van der Waals surface area (Å²) in [5.41, 5.74) is 1.39. The fourth-order valence-electron chi connectivity index (χ4n) is 3.56. The van der Waals surface area contributed by atoms with Crippen molar-refractivity contribution in [2.75, 3.05) is 33.3 Å². The number of hydrogen-bond donors (Lipinski definition) is 1. The van der Waals surface area contributed by atoms with Crippen LogP contribution in [0.4, 0.5) is 4.39 Å². The summed E-state index contributed by atoms with van der Waals surface area (Å²) in [6.45, 7) is 3.65. The molecule has 1 amide bonds. The topological polar surface area (TPSA) is 76.6 Å². The van der Waals surface area contributed by atoms with E-state index in [1.165, 1.54) is 32.1 Å². The number of carbonyl (C=O) groups is 1. The molecule has 3 aromatic rings. The molecule has 7 nitrogen and oxygen atoms in total. The highest BCUT2D eigenvalue weighted by molar-refractivity contribution is 7.07. The van der Waals surface area contributed by atoms with E-state index in [0.717, 1.165) is 36.7 Å². The van der Waals surface area contributed by atoms with Crippen molar-refractivity contribution < 1.29 is 18.7 Å². The molecular formula is C23H25FN4O3S. The molecule has 9 heteroatoms. The second-order valence-electron chi connectivity index (χ2n) is 7.55.